The molecule has 3 heteroatoms. The average molecular weight is 294 g/mol. The molecule has 2 aromatic carbocycles. The zero-order valence-electron chi connectivity index (χ0n) is 13.6. The summed E-state index contributed by atoms with van der Waals surface area (Å²) in [5.74, 6) is 0. The summed E-state index contributed by atoms with van der Waals surface area (Å²) in [4.78, 5) is 3.60. The largest absolute Gasteiger partial charge is 0.358 e. The topological polar surface area (TPSA) is 39.3 Å². The van der Waals surface area contributed by atoms with Crippen molar-refractivity contribution in [1.82, 2.24) is 10.0 Å². The van der Waals surface area contributed by atoms with Gasteiger partial charge in [0.2, 0.25) is 0 Å². The molecule has 1 aliphatic heterocycles. The van der Waals surface area contributed by atoms with Crippen molar-refractivity contribution in [2.24, 2.45) is 0 Å². The first-order valence-corrected chi connectivity index (χ1v) is 7.84. The van der Waals surface area contributed by atoms with E-state index in [1.54, 1.807) is 0 Å². The van der Waals surface area contributed by atoms with Gasteiger partial charge in [-0.05, 0) is 44.5 Å². The van der Waals surface area contributed by atoms with Gasteiger partial charge in [0.1, 0.15) is 0 Å². The molecule has 0 spiro atoms. The van der Waals surface area contributed by atoms with Crippen molar-refractivity contribution in [3.8, 4) is 0 Å². The van der Waals surface area contributed by atoms with E-state index in [0.29, 0.717) is 0 Å². The molecule has 2 heterocycles. The summed E-state index contributed by atoms with van der Waals surface area (Å²) in [5.41, 5.74) is 2.91. The lowest BCUT2D eigenvalue weighted by Gasteiger charge is -2.48. The third kappa shape index (κ3) is 1.64. The van der Waals surface area contributed by atoms with Gasteiger partial charge in [-0.25, -0.2) is 0 Å². The lowest BCUT2D eigenvalue weighted by molar-refractivity contribution is -0.233. The van der Waals surface area contributed by atoms with Gasteiger partial charge < -0.3 is 10.2 Å². The lowest BCUT2D eigenvalue weighted by Crippen LogP contribution is -2.56. The summed E-state index contributed by atoms with van der Waals surface area (Å²) in [5, 5.41) is 16.0. The minimum absolute atomic E-state index is 0.285. The van der Waals surface area contributed by atoms with Crippen molar-refractivity contribution in [2.75, 3.05) is 0 Å². The normalized spacial score (nSPS) is 20.4. The van der Waals surface area contributed by atoms with Crippen LogP contribution in [0.1, 0.15) is 39.0 Å². The standard InChI is InChI=1S/C19H22N2O/c1-18(2)11-15-17(19(3,4)21(18)22)16-13-8-6-5-7-12(13)9-10-14(16)20-15/h5-10,20,22H,11H2,1-4H3. The second-order valence-electron chi connectivity index (χ2n) is 7.55. The number of aromatic amines is 1. The van der Waals surface area contributed by atoms with Crippen LogP contribution in [0.3, 0.4) is 0 Å². The van der Waals surface area contributed by atoms with Crippen molar-refractivity contribution in [3.63, 3.8) is 0 Å². The molecule has 3 nitrogen and oxygen atoms in total. The van der Waals surface area contributed by atoms with Crippen molar-refractivity contribution in [1.29, 1.82) is 0 Å². The summed E-state index contributed by atoms with van der Waals surface area (Å²) in [6.45, 7) is 8.37. The minimum atomic E-state index is -0.431. The van der Waals surface area contributed by atoms with E-state index < -0.39 is 5.54 Å². The highest BCUT2D eigenvalue weighted by molar-refractivity contribution is 6.09. The van der Waals surface area contributed by atoms with E-state index in [-0.39, 0.29) is 5.54 Å². The Hall–Kier alpha value is -1.84. The molecule has 0 aliphatic carbocycles. The molecule has 0 saturated heterocycles. The summed E-state index contributed by atoms with van der Waals surface area (Å²) in [6.07, 6.45) is 0.811. The van der Waals surface area contributed by atoms with Crippen LogP contribution in [0, 0.1) is 0 Å². The number of hydrogen-bond donors (Lipinski definition) is 2. The van der Waals surface area contributed by atoms with Gasteiger partial charge in [-0.3, -0.25) is 0 Å². The summed E-state index contributed by atoms with van der Waals surface area (Å²) in [7, 11) is 0. The Morgan fingerprint density at radius 2 is 1.77 bits per heavy atom. The second-order valence-corrected chi connectivity index (χ2v) is 7.55. The van der Waals surface area contributed by atoms with E-state index in [4.69, 9.17) is 0 Å². The molecule has 0 bridgehead atoms. The fourth-order valence-corrected chi connectivity index (χ4v) is 4.20. The SMILES string of the molecule is CC1(C)Cc2[nH]c3ccc4ccccc4c3c2C(C)(C)N1O. The first-order valence-electron chi connectivity index (χ1n) is 7.84. The van der Waals surface area contributed by atoms with E-state index in [1.807, 2.05) is 0 Å². The molecule has 0 radical (unpaired) electrons. The van der Waals surface area contributed by atoms with Gasteiger partial charge in [0.25, 0.3) is 0 Å². The molecule has 0 amide bonds. The number of hydrogen-bond acceptors (Lipinski definition) is 2. The molecule has 1 aromatic heterocycles. The Bertz CT molecular complexity index is 889. The average Bonchev–Trinajstić information content (AvgIpc) is 2.84. The van der Waals surface area contributed by atoms with Crippen molar-refractivity contribution in [3.05, 3.63) is 47.7 Å². The van der Waals surface area contributed by atoms with Crippen molar-refractivity contribution < 1.29 is 5.21 Å². The molecule has 0 atom stereocenters. The summed E-state index contributed by atoms with van der Waals surface area (Å²) in [6, 6.07) is 12.8. The number of fused-ring (bicyclic) bond motifs is 5. The Balaban J connectivity index is 2.16. The Kier molecular flexibility index (Phi) is 2.58. The highest BCUT2D eigenvalue weighted by atomic mass is 16.5. The van der Waals surface area contributed by atoms with Crippen LogP contribution in [0.25, 0.3) is 21.7 Å². The third-order valence-electron chi connectivity index (χ3n) is 5.09. The van der Waals surface area contributed by atoms with Crippen molar-refractivity contribution >= 4 is 21.7 Å². The lowest BCUT2D eigenvalue weighted by atomic mass is 9.79. The number of nitrogens with one attached hydrogen (secondary N) is 1. The maximum Gasteiger partial charge on any atom is 0.0682 e. The van der Waals surface area contributed by atoms with Gasteiger partial charge in [0, 0.05) is 34.1 Å². The van der Waals surface area contributed by atoms with Gasteiger partial charge in [-0.1, -0.05) is 30.3 Å². The molecule has 2 N–H and O–H groups in total. The molecular weight excluding hydrogens is 272 g/mol. The number of rotatable bonds is 0. The van der Waals surface area contributed by atoms with E-state index in [2.05, 4.69) is 69.1 Å². The van der Waals surface area contributed by atoms with Crippen LogP contribution in [0.4, 0.5) is 0 Å². The third-order valence-corrected chi connectivity index (χ3v) is 5.09. The van der Waals surface area contributed by atoms with Crippen LogP contribution in [-0.2, 0) is 12.0 Å². The number of benzene rings is 2. The second kappa shape index (κ2) is 4.12. The van der Waals surface area contributed by atoms with Crippen LogP contribution < -0.4 is 0 Å². The Morgan fingerprint density at radius 3 is 2.55 bits per heavy atom. The smallest absolute Gasteiger partial charge is 0.0682 e. The molecule has 114 valence electrons. The van der Waals surface area contributed by atoms with Gasteiger partial charge in [-0.15, -0.1) is 0 Å². The molecule has 22 heavy (non-hydrogen) atoms. The monoisotopic (exact) mass is 294 g/mol. The maximum absolute atomic E-state index is 10.8. The first kappa shape index (κ1) is 13.8. The van der Waals surface area contributed by atoms with Crippen molar-refractivity contribution in [2.45, 2.75) is 45.2 Å². The quantitative estimate of drug-likeness (QED) is 0.637. The van der Waals surface area contributed by atoms with Crippen LogP contribution >= 0.6 is 0 Å². The van der Waals surface area contributed by atoms with E-state index in [1.165, 1.54) is 32.5 Å². The molecular formula is C19H22N2O. The summed E-state index contributed by atoms with van der Waals surface area (Å²) < 4.78 is 0. The van der Waals surface area contributed by atoms with Gasteiger partial charge in [0.15, 0.2) is 0 Å². The molecule has 0 fully saturated rings. The van der Waals surface area contributed by atoms with Crippen LogP contribution in [0.15, 0.2) is 36.4 Å². The fraction of sp³-hybridized carbons (Fsp3) is 0.368. The number of hydroxylamine groups is 2. The molecule has 1 aliphatic rings. The van der Waals surface area contributed by atoms with Crippen LogP contribution in [0.5, 0.6) is 0 Å². The van der Waals surface area contributed by atoms with E-state index >= 15 is 0 Å². The number of H-pyrrole nitrogens is 1. The van der Waals surface area contributed by atoms with E-state index in [0.717, 1.165) is 11.9 Å². The predicted molar refractivity (Wildman–Crippen MR) is 90.2 cm³/mol. The maximum atomic E-state index is 10.8. The zero-order valence-corrected chi connectivity index (χ0v) is 13.6. The van der Waals surface area contributed by atoms with Gasteiger partial charge in [-0.2, -0.15) is 5.06 Å². The Labute approximate surface area is 130 Å². The number of aromatic nitrogens is 1. The Morgan fingerprint density at radius 1 is 1.05 bits per heavy atom. The van der Waals surface area contributed by atoms with Crippen LogP contribution in [0.2, 0.25) is 0 Å². The van der Waals surface area contributed by atoms with Crippen LogP contribution in [-0.4, -0.2) is 20.8 Å². The van der Waals surface area contributed by atoms with Gasteiger partial charge >= 0.3 is 0 Å². The molecule has 0 saturated carbocycles. The highest BCUT2D eigenvalue weighted by Gasteiger charge is 2.46. The zero-order chi connectivity index (χ0) is 15.7. The molecule has 3 aromatic rings. The first-order chi connectivity index (χ1) is 10.3. The highest BCUT2D eigenvalue weighted by Crippen LogP contribution is 2.46. The molecule has 0 unspecified atom stereocenters. The van der Waals surface area contributed by atoms with E-state index in [9.17, 15) is 5.21 Å². The predicted octanol–water partition coefficient (Wildman–Crippen LogP) is 4.58. The van der Waals surface area contributed by atoms with Gasteiger partial charge in [0.05, 0.1) is 5.54 Å². The minimum Gasteiger partial charge on any atom is -0.358 e. The fourth-order valence-electron chi connectivity index (χ4n) is 4.20. The number of nitrogens with zero attached hydrogens (tertiary/aromatic N) is 1. The summed E-state index contributed by atoms with van der Waals surface area (Å²) >= 11 is 0. The molecule has 4 rings (SSSR count).